The van der Waals surface area contributed by atoms with Gasteiger partial charge in [0.1, 0.15) is 0 Å². The second kappa shape index (κ2) is 7.22. The molecule has 2 aliphatic rings. The number of aryl methyl sites for hydroxylation is 1. The Morgan fingerprint density at radius 2 is 1.15 bits per heavy atom. The third-order valence-corrected chi connectivity index (χ3v) is 6.45. The Hall–Kier alpha value is -1.56. The maximum absolute atomic E-state index is 2.35. The fraction of sp³-hybridized carbons (Fsp3) is 0.538. The molecule has 1 atom stereocenters. The van der Waals surface area contributed by atoms with Crippen molar-refractivity contribution in [2.24, 2.45) is 16.7 Å². The van der Waals surface area contributed by atoms with Crippen LogP contribution in [0.25, 0.3) is 0 Å². The minimum absolute atomic E-state index is 0.423. The lowest BCUT2D eigenvalue weighted by molar-refractivity contribution is 0.251. The molecule has 0 heterocycles. The van der Waals surface area contributed by atoms with Crippen LogP contribution in [-0.2, 0) is 19.3 Å². The summed E-state index contributed by atoms with van der Waals surface area (Å²) in [7, 11) is 0. The van der Waals surface area contributed by atoms with Gasteiger partial charge in [0.05, 0.1) is 0 Å². The van der Waals surface area contributed by atoms with E-state index in [0.29, 0.717) is 10.8 Å². The van der Waals surface area contributed by atoms with Crippen molar-refractivity contribution in [3.8, 4) is 0 Å². The first-order valence-corrected chi connectivity index (χ1v) is 10.3. The molecule has 0 aliphatic heterocycles. The maximum Gasteiger partial charge on any atom is -0.0107 e. The SMILES string of the molecule is CC(C)(C)C1CCc2ccccc21.CC(C)(C)C1Cc2ccccc2C1. The van der Waals surface area contributed by atoms with Crippen molar-refractivity contribution in [1.29, 1.82) is 0 Å². The van der Waals surface area contributed by atoms with Crippen LogP contribution < -0.4 is 0 Å². The van der Waals surface area contributed by atoms with Crippen LogP contribution in [0.3, 0.4) is 0 Å². The van der Waals surface area contributed by atoms with Crippen molar-refractivity contribution in [3.05, 3.63) is 70.8 Å². The van der Waals surface area contributed by atoms with Gasteiger partial charge in [-0.25, -0.2) is 0 Å². The summed E-state index contributed by atoms with van der Waals surface area (Å²) in [5, 5.41) is 0. The van der Waals surface area contributed by atoms with Crippen molar-refractivity contribution < 1.29 is 0 Å². The molecule has 0 N–H and O–H groups in total. The van der Waals surface area contributed by atoms with Crippen LogP contribution in [0.1, 0.15) is 76.1 Å². The fourth-order valence-corrected chi connectivity index (χ4v) is 4.63. The molecular weight excluding hydrogens is 312 g/mol. The van der Waals surface area contributed by atoms with Gasteiger partial charge in [0.2, 0.25) is 0 Å². The van der Waals surface area contributed by atoms with Crippen molar-refractivity contribution in [1.82, 2.24) is 0 Å². The van der Waals surface area contributed by atoms with E-state index in [0.717, 1.165) is 11.8 Å². The Labute approximate surface area is 161 Å². The lowest BCUT2D eigenvalue weighted by Crippen LogP contribution is -2.20. The largest absolute Gasteiger partial charge is 0.0620 e. The molecule has 0 amide bonds. The first-order chi connectivity index (χ1) is 12.2. The first-order valence-electron chi connectivity index (χ1n) is 10.3. The predicted molar refractivity (Wildman–Crippen MR) is 114 cm³/mol. The number of hydrogen-bond acceptors (Lipinski definition) is 0. The van der Waals surface area contributed by atoms with Crippen molar-refractivity contribution in [2.75, 3.05) is 0 Å². The molecule has 1 unspecified atom stereocenters. The molecule has 140 valence electrons. The lowest BCUT2D eigenvalue weighted by Gasteiger charge is -2.27. The van der Waals surface area contributed by atoms with E-state index in [2.05, 4.69) is 90.1 Å². The molecule has 0 nitrogen and oxygen atoms in total. The first kappa shape index (κ1) is 19.2. The summed E-state index contributed by atoms with van der Waals surface area (Å²) in [6.07, 6.45) is 5.17. The van der Waals surface area contributed by atoms with Crippen LogP contribution in [0.5, 0.6) is 0 Å². The second-order valence-corrected chi connectivity index (χ2v) is 10.4. The van der Waals surface area contributed by atoms with Gasteiger partial charge in [-0.2, -0.15) is 0 Å². The Kier molecular flexibility index (Phi) is 5.33. The van der Waals surface area contributed by atoms with Crippen LogP contribution in [0.15, 0.2) is 48.5 Å². The molecule has 0 fully saturated rings. The summed E-state index contributed by atoms with van der Waals surface area (Å²) in [5.74, 6) is 1.61. The fourth-order valence-electron chi connectivity index (χ4n) is 4.63. The number of fused-ring (bicyclic) bond motifs is 2. The van der Waals surface area contributed by atoms with E-state index in [-0.39, 0.29) is 0 Å². The highest BCUT2D eigenvalue weighted by Gasteiger charge is 2.32. The summed E-state index contributed by atoms with van der Waals surface area (Å²) in [5.41, 5.74) is 7.19. The van der Waals surface area contributed by atoms with Gasteiger partial charge in [0.15, 0.2) is 0 Å². The van der Waals surface area contributed by atoms with Gasteiger partial charge >= 0.3 is 0 Å². The molecule has 0 radical (unpaired) electrons. The average Bonchev–Trinajstić information content (AvgIpc) is 3.19. The highest BCUT2D eigenvalue weighted by atomic mass is 14.4. The molecule has 26 heavy (non-hydrogen) atoms. The van der Waals surface area contributed by atoms with Crippen molar-refractivity contribution in [2.45, 2.75) is 73.1 Å². The highest BCUT2D eigenvalue weighted by Crippen LogP contribution is 2.44. The Balaban J connectivity index is 0.000000151. The number of hydrogen-bond donors (Lipinski definition) is 0. The van der Waals surface area contributed by atoms with Crippen LogP contribution in [0, 0.1) is 16.7 Å². The number of rotatable bonds is 0. The molecule has 2 aliphatic carbocycles. The molecule has 2 aromatic carbocycles. The molecular formula is C26H36. The van der Waals surface area contributed by atoms with Gasteiger partial charge in [0.25, 0.3) is 0 Å². The highest BCUT2D eigenvalue weighted by molar-refractivity contribution is 5.36. The minimum atomic E-state index is 0.423. The third-order valence-electron chi connectivity index (χ3n) is 6.45. The molecule has 0 heteroatoms. The van der Waals surface area contributed by atoms with E-state index in [9.17, 15) is 0 Å². The monoisotopic (exact) mass is 348 g/mol. The van der Waals surface area contributed by atoms with Crippen molar-refractivity contribution in [3.63, 3.8) is 0 Å². The zero-order valence-corrected chi connectivity index (χ0v) is 17.6. The quantitative estimate of drug-likeness (QED) is 0.472. The normalized spacial score (nSPS) is 19.5. The van der Waals surface area contributed by atoms with Gasteiger partial charge < -0.3 is 0 Å². The molecule has 0 bridgehead atoms. The predicted octanol–water partition coefficient (Wildman–Crippen LogP) is 7.21. The van der Waals surface area contributed by atoms with E-state index < -0.39 is 0 Å². The summed E-state index contributed by atoms with van der Waals surface area (Å²) in [4.78, 5) is 0. The number of benzene rings is 2. The minimum Gasteiger partial charge on any atom is -0.0620 e. The summed E-state index contributed by atoms with van der Waals surface area (Å²) >= 11 is 0. The van der Waals surface area contributed by atoms with Crippen LogP contribution in [0.2, 0.25) is 0 Å². The molecule has 2 aromatic rings. The molecule has 0 saturated heterocycles. The summed E-state index contributed by atoms with van der Waals surface area (Å²) in [6.45, 7) is 14.1. The van der Waals surface area contributed by atoms with Gasteiger partial charge in [-0.15, -0.1) is 0 Å². The van der Waals surface area contributed by atoms with Gasteiger partial charge in [-0.3, -0.25) is 0 Å². The average molecular weight is 349 g/mol. The van der Waals surface area contributed by atoms with Gasteiger partial charge in [0, 0.05) is 0 Å². The van der Waals surface area contributed by atoms with E-state index in [1.54, 1.807) is 22.3 Å². The molecule has 4 rings (SSSR count). The zero-order valence-electron chi connectivity index (χ0n) is 17.6. The molecule has 0 saturated carbocycles. The second-order valence-electron chi connectivity index (χ2n) is 10.4. The van der Waals surface area contributed by atoms with Gasteiger partial charge in [-0.1, -0.05) is 90.1 Å². The Morgan fingerprint density at radius 3 is 1.65 bits per heavy atom. The van der Waals surface area contributed by atoms with E-state index in [1.807, 2.05) is 0 Å². The smallest absolute Gasteiger partial charge is 0.0107 e. The van der Waals surface area contributed by atoms with Crippen LogP contribution in [-0.4, -0.2) is 0 Å². The Morgan fingerprint density at radius 1 is 0.654 bits per heavy atom. The van der Waals surface area contributed by atoms with E-state index >= 15 is 0 Å². The Bertz CT molecular complexity index is 714. The van der Waals surface area contributed by atoms with Crippen molar-refractivity contribution >= 4 is 0 Å². The van der Waals surface area contributed by atoms with Crippen LogP contribution >= 0.6 is 0 Å². The summed E-state index contributed by atoms with van der Waals surface area (Å²) < 4.78 is 0. The zero-order chi connectivity index (χ0) is 18.9. The topological polar surface area (TPSA) is 0 Å². The van der Waals surface area contributed by atoms with E-state index in [1.165, 1.54) is 25.7 Å². The van der Waals surface area contributed by atoms with Gasteiger partial charge in [-0.05, 0) is 70.6 Å². The third kappa shape index (κ3) is 4.22. The molecule has 0 spiro atoms. The summed E-state index contributed by atoms with van der Waals surface area (Å²) in [6, 6.07) is 17.8. The van der Waals surface area contributed by atoms with Crippen LogP contribution in [0.4, 0.5) is 0 Å². The maximum atomic E-state index is 2.35. The lowest BCUT2D eigenvalue weighted by atomic mass is 9.77. The standard InChI is InChI=1S/2C13H18/c1-13(2,3)12-8-10-6-4-5-7-11(10)9-12;1-13(2,3)12-9-8-10-6-4-5-7-11(10)12/h2*4-7,12H,8-9H2,1-3H3. The molecule has 0 aromatic heterocycles. The van der Waals surface area contributed by atoms with E-state index in [4.69, 9.17) is 0 Å².